The number of halogens is 1. The molecule has 0 aliphatic heterocycles. The molecule has 2 N–H and O–H groups in total. The molecular formula is C14H21ClN2O2. The van der Waals surface area contributed by atoms with E-state index in [1.165, 1.54) is 0 Å². The first kappa shape index (κ1) is 15.8. The number of rotatable bonds is 7. The van der Waals surface area contributed by atoms with E-state index in [0.717, 1.165) is 18.4 Å². The van der Waals surface area contributed by atoms with E-state index in [0.29, 0.717) is 18.2 Å². The van der Waals surface area contributed by atoms with Gasteiger partial charge in [-0.05, 0) is 30.5 Å². The van der Waals surface area contributed by atoms with Crippen molar-refractivity contribution >= 4 is 17.6 Å². The average molecular weight is 285 g/mol. The van der Waals surface area contributed by atoms with Crippen LogP contribution in [0.25, 0.3) is 0 Å². The van der Waals surface area contributed by atoms with E-state index in [9.17, 15) is 4.79 Å². The molecule has 0 saturated heterocycles. The van der Waals surface area contributed by atoms with Crippen molar-refractivity contribution in [2.75, 3.05) is 20.3 Å². The number of methoxy groups -OCH3 is 1. The third-order valence-corrected chi connectivity index (χ3v) is 3.05. The van der Waals surface area contributed by atoms with Crippen LogP contribution in [-0.2, 0) is 4.74 Å². The fourth-order valence-electron chi connectivity index (χ4n) is 1.74. The van der Waals surface area contributed by atoms with E-state index in [-0.39, 0.29) is 12.1 Å². The summed E-state index contributed by atoms with van der Waals surface area (Å²) >= 11 is 5.85. The number of carbonyl (C=O) groups is 1. The topological polar surface area (TPSA) is 50.4 Å². The third-order valence-electron chi connectivity index (χ3n) is 2.80. The SMILES string of the molecule is CCC(NC(=O)NCCCOC)c1ccc(Cl)cc1. The molecular weight excluding hydrogens is 264 g/mol. The summed E-state index contributed by atoms with van der Waals surface area (Å²) < 4.78 is 4.92. The minimum absolute atomic E-state index is 0.000285. The van der Waals surface area contributed by atoms with Gasteiger partial charge in [-0.3, -0.25) is 0 Å². The van der Waals surface area contributed by atoms with Crippen LogP contribution in [-0.4, -0.2) is 26.3 Å². The number of hydrogen-bond donors (Lipinski definition) is 2. The molecule has 0 saturated carbocycles. The normalized spacial score (nSPS) is 11.9. The molecule has 0 heterocycles. The van der Waals surface area contributed by atoms with Crippen molar-refractivity contribution in [2.45, 2.75) is 25.8 Å². The molecule has 1 rings (SSSR count). The van der Waals surface area contributed by atoms with Crippen LogP contribution >= 0.6 is 11.6 Å². The van der Waals surface area contributed by atoms with Gasteiger partial charge in [0.15, 0.2) is 0 Å². The lowest BCUT2D eigenvalue weighted by Crippen LogP contribution is -2.38. The van der Waals surface area contributed by atoms with E-state index in [1.807, 2.05) is 31.2 Å². The Bertz CT molecular complexity index is 382. The second kappa shape index (κ2) is 8.77. The second-order valence-corrected chi connectivity index (χ2v) is 4.70. The van der Waals surface area contributed by atoms with Crippen LogP contribution in [0.3, 0.4) is 0 Å². The van der Waals surface area contributed by atoms with Gasteiger partial charge in [-0.25, -0.2) is 4.79 Å². The summed E-state index contributed by atoms with van der Waals surface area (Å²) in [6, 6.07) is 7.37. The molecule has 0 fully saturated rings. The van der Waals surface area contributed by atoms with Gasteiger partial charge in [0.25, 0.3) is 0 Å². The molecule has 19 heavy (non-hydrogen) atoms. The van der Waals surface area contributed by atoms with Crippen LogP contribution in [0.15, 0.2) is 24.3 Å². The van der Waals surface area contributed by atoms with Crippen molar-refractivity contribution in [3.05, 3.63) is 34.9 Å². The molecule has 1 unspecified atom stereocenters. The highest BCUT2D eigenvalue weighted by Crippen LogP contribution is 2.18. The van der Waals surface area contributed by atoms with Gasteiger partial charge in [-0.2, -0.15) is 0 Å². The number of amides is 2. The van der Waals surface area contributed by atoms with Crippen molar-refractivity contribution < 1.29 is 9.53 Å². The molecule has 5 heteroatoms. The lowest BCUT2D eigenvalue weighted by atomic mass is 10.1. The minimum atomic E-state index is -0.155. The fourth-order valence-corrected chi connectivity index (χ4v) is 1.87. The van der Waals surface area contributed by atoms with Crippen molar-refractivity contribution in [3.8, 4) is 0 Å². The maximum absolute atomic E-state index is 11.7. The van der Waals surface area contributed by atoms with Crippen LogP contribution < -0.4 is 10.6 Å². The smallest absolute Gasteiger partial charge is 0.315 e. The number of carbonyl (C=O) groups excluding carboxylic acids is 1. The van der Waals surface area contributed by atoms with Gasteiger partial charge in [0, 0.05) is 25.3 Å². The zero-order valence-corrected chi connectivity index (χ0v) is 12.2. The van der Waals surface area contributed by atoms with Crippen LogP contribution in [0.5, 0.6) is 0 Å². The summed E-state index contributed by atoms with van der Waals surface area (Å²) in [5.74, 6) is 0. The van der Waals surface area contributed by atoms with Gasteiger partial charge in [0.1, 0.15) is 0 Å². The van der Waals surface area contributed by atoms with Gasteiger partial charge in [0.2, 0.25) is 0 Å². The summed E-state index contributed by atoms with van der Waals surface area (Å²) in [4.78, 5) is 11.7. The number of benzene rings is 1. The maximum Gasteiger partial charge on any atom is 0.315 e. The number of hydrogen-bond acceptors (Lipinski definition) is 2. The van der Waals surface area contributed by atoms with Gasteiger partial charge in [-0.15, -0.1) is 0 Å². The Kier molecular flexibility index (Phi) is 7.30. The summed E-state index contributed by atoms with van der Waals surface area (Å²) in [5, 5.41) is 6.45. The zero-order valence-electron chi connectivity index (χ0n) is 11.4. The van der Waals surface area contributed by atoms with E-state index in [4.69, 9.17) is 16.3 Å². The predicted molar refractivity (Wildman–Crippen MR) is 77.5 cm³/mol. The van der Waals surface area contributed by atoms with Crippen LogP contribution in [0, 0.1) is 0 Å². The molecule has 0 bridgehead atoms. The van der Waals surface area contributed by atoms with E-state index >= 15 is 0 Å². The van der Waals surface area contributed by atoms with Crippen LogP contribution in [0.1, 0.15) is 31.4 Å². The Labute approximate surface area is 119 Å². The standard InChI is InChI=1S/C14H21ClN2O2/c1-3-13(11-5-7-12(15)8-6-11)17-14(18)16-9-4-10-19-2/h5-8,13H,3-4,9-10H2,1-2H3,(H2,16,17,18). The van der Waals surface area contributed by atoms with Crippen molar-refractivity contribution in [1.29, 1.82) is 0 Å². The number of nitrogens with one attached hydrogen (secondary N) is 2. The molecule has 0 aromatic heterocycles. The van der Waals surface area contributed by atoms with Crippen molar-refractivity contribution in [3.63, 3.8) is 0 Å². The largest absolute Gasteiger partial charge is 0.385 e. The fraction of sp³-hybridized carbons (Fsp3) is 0.500. The Hall–Kier alpha value is -1.26. The van der Waals surface area contributed by atoms with E-state index in [1.54, 1.807) is 7.11 Å². The Morgan fingerprint density at radius 3 is 2.63 bits per heavy atom. The molecule has 4 nitrogen and oxygen atoms in total. The Balaban J connectivity index is 2.43. The lowest BCUT2D eigenvalue weighted by Gasteiger charge is -2.18. The maximum atomic E-state index is 11.7. The molecule has 1 aromatic carbocycles. The van der Waals surface area contributed by atoms with E-state index < -0.39 is 0 Å². The molecule has 0 aliphatic rings. The van der Waals surface area contributed by atoms with Crippen LogP contribution in [0.4, 0.5) is 4.79 Å². The van der Waals surface area contributed by atoms with Gasteiger partial charge in [0.05, 0.1) is 6.04 Å². The van der Waals surface area contributed by atoms with E-state index in [2.05, 4.69) is 10.6 Å². The molecule has 0 aliphatic carbocycles. The first-order valence-electron chi connectivity index (χ1n) is 6.46. The molecule has 0 radical (unpaired) electrons. The average Bonchev–Trinajstić information content (AvgIpc) is 2.42. The summed E-state index contributed by atoms with van der Waals surface area (Å²) in [6.45, 7) is 3.29. The molecule has 1 aromatic rings. The predicted octanol–water partition coefficient (Wildman–Crippen LogP) is 3.13. The minimum Gasteiger partial charge on any atom is -0.385 e. The summed E-state index contributed by atoms with van der Waals surface area (Å²) in [6.07, 6.45) is 1.63. The second-order valence-electron chi connectivity index (χ2n) is 4.26. The van der Waals surface area contributed by atoms with Crippen molar-refractivity contribution in [1.82, 2.24) is 10.6 Å². The highest BCUT2D eigenvalue weighted by atomic mass is 35.5. The van der Waals surface area contributed by atoms with Gasteiger partial charge in [-0.1, -0.05) is 30.7 Å². The van der Waals surface area contributed by atoms with Crippen LogP contribution in [0.2, 0.25) is 5.02 Å². The molecule has 0 spiro atoms. The number of urea groups is 1. The third kappa shape index (κ3) is 5.94. The lowest BCUT2D eigenvalue weighted by molar-refractivity contribution is 0.193. The first-order valence-corrected chi connectivity index (χ1v) is 6.84. The first-order chi connectivity index (χ1) is 9.17. The van der Waals surface area contributed by atoms with Gasteiger partial charge < -0.3 is 15.4 Å². The molecule has 106 valence electrons. The zero-order chi connectivity index (χ0) is 14.1. The Morgan fingerprint density at radius 1 is 1.37 bits per heavy atom. The summed E-state index contributed by atoms with van der Waals surface area (Å²) in [7, 11) is 1.65. The number of ether oxygens (including phenoxy) is 1. The monoisotopic (exact) mass is 284 g/mol. The van der Waals surface area contributed by atoms with Gasteiger partial charge >= 0.3 is 6.03 Å². The quantitative estimate of drug-likeness (QED) is 0.756. The molecule has 1 atom stereocenters. The highest BCUT2D eigenvalue weighted by Gasteiger charge is 2.11. The molecule has 2 amide bonds. The van der Waals surface area contributed by atoms with Crippen molar-refractivity contribution in [2.24, 2.45) is 0 Å². The summed E-state index contributed by atoms with van der Waals surface area (Å²) in [5.41, 5.74) is 1.05. The Morgan fingerprint density at radius 2 is 2.05 bits per heavy atom. The highest BCUT2D eigenvalue weighted by molar-refractivity contribution is 6.30.